The van der Waals surface area contributed by atoms with Gasteiger partial charge in [-0.05, 0) is 43.0 Å². The average molecular weight is 368 g/mol. The quantitative estimate of drug-likeness (QED) is 0.576. The molecule has 1 fully saturated rings. The second kappa shape index (κ2) is 8.33. The number of likely N-dealkylation sites (tertiary alicyclic amines) is 1. The number of amides is 1. The van der Waals surface area contributed by atoms with Crippen molar-refractivity contribution in [1.29, 1.82) is 0 Å². The van der Waals surface area contributed by atoms with Gasteiger partial charge in [-0.3, -0.25) is 9.59 Å². The van der Waals surface area contributed by atoms with E-state index in [1.54, 1.807) is 17.1 Å². The van der Waals surface area contributed by atoms with Crippen LogP contribution in [0.5, 0.6) is 0 Å². The van der Waals surface area contributed by atoms with Crippen molar-refractivity contribution in [1.82, 2.24) is 4.90 Å². The van der Waals surface area contributed by atoms with Crippen LogP contribution in [0.15, 0.2) is 54.6 Å². The van der Waals surface area contributed by atoms with Gasteiger partial charge in [0.1, 0.15) is 0 Å². The largest absolute Gasteiger partial charge is 0.339 e. The minimum absolute atomic E-state index is 0.00124. The van der Waals surface area contributed by atoms with E-state index >= 15 is 0 Å². The number of carbonyl (C=O) groups is 2. The maximum absolute atomic E-state index is 12.5. The van der Waals surface area contributed by atoms with Crippen molar-refractivity contribution in [3.8, 4) is 0 Å². The summed E-state index contributed by atoms with van der Waals surface area (Å²) in [6.07, 6.45) is 4.79. The number of aryl methyl sites for hydroxylation is 1. The monoisotopic (exact) mass is 367 g/mol. The van der Waals surface area contributed by atoms with Crippen molar-refractivity contribution in [2.24, 2.45) is 5.92 Å². The van der Waals surface area contributed by atoms with E-state index in [1.807, 2.05) is 55.5 Å². The molecule has 0 atom stereocenters. The summed E-state index contributed by atoms with van der Waals surface area (Å²) in [6.45, 7) is 3.17. The molecule has 4 heteroatoms. The van der Waals surface area contributed by atoms with E-state index in [2.05, 4.69) is 0 Å². The number of Topliss-reactive ketones (excluding diaryl/α,β-unsaturated/α-hetero) is 1. The van der Waals surface area contributed by atoms with Crippen molar-refractivity contribution in [2.45, 2.75) is 19.8 Å². The molecule has 26 heavy (non-hydrogen) atoms. The van der Waals surface area contributed by atoms with Gasteiger partial charge in [0, 0.05) is 35.7 Å². The van der Waals surface area contributed by atoms with Crippen LogP contribution >= 0.6 is 11.6 Å². The van der Waals surface area contributed by atoms with Crippen molar-refractivity contribution in [3.05, 3.63) is 76.3 Å². The van der Waals surface area contributed by atoms with Gasteiger partial charge in [0.05, 0.1) is 0 Å². The van der Waals surface area contributed by atoms with E-state index in [4.69, 9.17) is 11.6 Å². The number of ketones is 1. The minimum Gasteiger partial charge on any atom is -0.339 e. The lowest BCUT2D eigenvalue weighted by molar-refractivity contribution is -0.127. The third-order valence-electron chi connectivity index (χ3n) is 4.85. The van der Waals surface area contributed by atoms with Gasteiger partial charge in [-0.15, -0.1) is 0 Å². The van der Waals surface area contributed by atoms with Gasteiger partial charge >= 0.3 is 0 Å². The SMILES string of the molecule is Cc1ccc(/C=C/C(=O)N2CCC(C(=O)c3ccccc3)CC2)cc1Cl. The van der Waals surface area contributed by atoms with Gasteiger partial charge in [0.15, 0.2) is 5.78 Å². The lowest BCUT2D eigenvalue weighted by Gasteiger charge is -2.30. The molecule has 0 N–H and O–H groups in total. The van der Waals surface area contributed by atoms with Crippen LogP contribution in [0.3, 0.4) is 0 Å². The highest BCUT2D eigenvalue weighted by Gasteiger charge is 2.27. The van der Waals surface area contributed by atoms with Crippen LogP contribution in [0.2, 0.25) is 5.02 Å². The molecule has 1 aliphatic rings. The Morgan fingerprint density at radius 1 is 1.08 bits per heavy atom. The molecule has 0 bridgehead atoms. The smallest absolute Gasteiger partial charge is 0.246 e. The molecule has 0 spiro atoms. The van der Waals surface area contributed by atoms with Crippen LogP contribution in [-0.2, 0) is 4.79 Å². The van der Waals surface area contributed by atoms with Crippen molar-refractivity contribution in [2.75, 3.05) is 13.1 Å². The van der Waals surface area contributed by atoms with E-state index < -0.39 is 0 Å². The van der Waals surface area contributed by atoms with Crippen molar-refractivity contribution < 1.29 is 9.59 Å². The normalized spacial score (nSPS) is 15.4. The number of halogens is 1. The lowest BCUT2D eigenvalue weighted by atomic mass is 9.89. The standard InChI is InChI=1S/C22H22ClNO2/c1-16-7-8-17(15-20(16)23)9-10-21(25)24-13-11-19(12-14-24)22(26)18-5-3-2-4-6-18/h2-10,15,19H,11-14H2,1H3/b10-9+. The number of hydrogen-bond donors (Lipinski definition) is 0. The fraction of sp³-hybridized carbons (Fsp3) is 0.273. The highest BCUT2D eigenvalue weighted by atomic mass is 35.5. The summed E-state index contributed by atoms with van der Waals surface area (Å²) >= 11 is 6.11. The topological polar surface area (TPSA) is 37.4 Å². The summed E-state index contributed by atoms with van der Waals surface area (Å²) in [4.78, 5) is 26.7. The average Bonchev–Trinajstić information content (AvgIpc) is 2.69. The second-order valence-corrected chi connectivity index (χ2v) is 7.08. The number of benzene rings is 2. The summed E-state index contributed by atoms with van der Waals surface area (Å²) in [5.74, 6) is 0.163. The number of rotatable bonds is 4. The number of carbonyl (C=O) groups excluding carboxylic acids is 2. The fourth-order valence-corrected chi connectivity index (χ4v) is 3.37. The summed E-state index contributed by atoms with van der Waals surface area (Å²) in [7, 11) is 0. The Kier molecular flexibility index (Phi) is 5.89. The molecule has 1 heterocycles. The molecule has 0 aliphatic carbocycles. The van der Waals surface area contributed by atoms with Crippen LogP contribution in [0, 0.1) is 12.8 Å². The zero-order valence-corrected chi connectivity index (χ0v) is 15.6. The molecule has 134 valence electrons. The molecule has 0 unspecified atom stereocenters. The van der Waals surface area contributed by atoms with Crippen LogP contribution in [0.4, 0.5) is 0 Å². The van der Waals surface area contributed by atoms with E-state index in [9.17, 15) is 9.59 Å². The molecule has 0 radical (unpaired) electrons. The zero-order chi connectivity index (χ0) is 18.5. The minimum atomic E-state index is -0.0210. The maximum Gasteiger partial charge on any atom is 0.246 e. The van der Waals surface area contributed by atoms with Gasteiger partial charge in [-0.1, -0.05) is 54.1 Å². The maximum atomic E-state index is 12.5. The Hall–Kier alpha value is -2.39. The first kappa shape index (κ1) is 18.4. The molecule has 2 aromatic carbocycles. The van der Waals surface area contributed by atoms with E-state index in [1.165, 1.54) is 0 Å². The summed E-state index contributed by atoms with van der Waals surface area (Å²) < 4.78 is 0. The number of piperidine rings is 1. The number of hydrogen-bond acceptors (Lipinski definition) is 2. The zero-order valence-electron chi connectivity index (χ0n) is 14.8. The van der Waals surface area contributed by atoms with E-state index in [0.717, 1.165) is 16.7 Å². The van der Waals surface area contributed by atoms with E-state index in [-0.39, 0.29) is 17.6 Å². The summed E-state index contributed by atoms with van der Waals surface area (Å²) in [5.41, 5.74) is 2.68. The molecular formula is C22H22ClNO2. The Balaban J connectivity index is 1.55. The lowest BCUT2D eigenvalue weighted by Crippen LogP contribution is -2.39. The molecule has 1 saturated heterocycles. The first-order valence-electron chi connectivity index (χ1n) is 8.87. The van der Waals surface area contributed by atoms with Crippen molar-refractivity contribution in [3.63, 3.8) is 0 Å². The molecule has 2 aromatic rings. The Labute approximate surface area is 159 Å². The highest BCUT2D eigenvalue weighted by Crippen LogP contribution is 2.22. The van der Waals surface area contributed by atoms with Crippen LogP contribution < -0.4 is 0 Å². The molecular weight excluding hydrogens is 346 g/mol. The Morgan fingerprint density at radius 3 is 2.42 bits per heavy atom. The highest BCUT2D eigenvalue weighted by molar-refractivity contribution is 6.31. The van der Waals surface area contributed by atoms with Gasteiger partial charge < -0.3 is 4.90 Å². The molecule has 0 saturated carbocycles. The van der Waals surface area contributed by atoms with Gasteiger partial charge in [0.2, 0.25) is 5.91 Å². The number of nitrogens with zero attached hydrogens (tertiary/aromatic N) is 1. The van der Waals surface area contributed by atoms with Gasteiger partial charge in [0.25, 0.3) is 0 Å². The molecule has 3 rings (SSSR count). The third kappa shape index (κ3) is 4.41. The Morgan fingerprint density at radius 2 is 1.77 bits per heavy atom. The van der Waals surface area contributed by atoms with Gasteiger partial charge in [-0.2, -0.15) is 0 Å². The Bertz CT molecular complexity index is 821. The van der Waals surface area contributed by atoms with Crippen LogP contribution in [-0.4, -0.2) is 29.7 Å². The molecule has 0 aromatic heterocycles. The molecule has 3 nitrogen and oxygen atoms in total. The molecule has 1 aliphatic heterocycles. The second-order valence-electron chi connectivity index (χ2n) is 6.67. The van der Waals surface area contributed by atoms with Crippen LogP contribution in [0.1, 0.15) is 34.3 Å². The van der Waals surface area contributed by atoms with Gasteiger partial charge in [-0.25, -0.2) is 0 Å². The van der Waals surface area contributed by atoms with Crippen LogP contribution in [0.25, 0.3) is 6.08 Å². The first-order valence-corrected chi connectivity index (χ1v) is 9.25. The first-order chi connectivity index (χ1) is 12.5. The predicted octanol–water partition coefficient (Wildman–Crippen LogP) is 4.78. The third-order valence-corrected chi connectivity index (χ3v) is 5.26. The molecule has 1 amide bonds. The predicted molar refractivity (Wildman–Crippen MR) is 105 cm³/mol. The summed E-state index contributed by atoms with van der Waals surface area (Å²) in [6, 6.07) is 15.1. The van der Waals surface area contributed by atoms with E-state index in [0.29, 0.717) is 31.0 Å². The summed E-state index contributed by atoms with van der Waals surface area (Å²) in [5, 5.41) is 0.694. The fourth-order valence-electron chi connectivity index (χ4n) is 3.19. The van der Waals surface area contributed by atoms with Crippen molar-refractivity contribution >= 4 is 29.4 Å².